The predicted molar refractivity (Wildman–Crippen MR) is 88.7 cm³/mol. The van der Waals surface area contributed by atoms with Crippen molar-refractivity contribution >= 4 is 10.1 Å². The molecule has 0 radical (unpaired) electrons. The summed E-state index contributed by atoms with van der Waals surface area (Å²) >= 11 is 0. The highest BCUT2D eigenvalue weighted by Gasteiger charge is 2.16. The summed E-state index contributed by atoms with van der Waals surface area (Å²) in [4.78, 5) is 3.82. The van der Waals surface area contributed by atoms with E-state index in [4.69, 9.17) is 4.18 Å². The zero-order chi connectivity index (χ0) is 16.3. The minimum atomic E-state index is -3.86. The molecule has 2 aromatic carbocycles. The van der Waals surface area contributed by atoms with Gasteiger partial charge >= 0.3 is 10.1 Å². The molecule has 0 bridgehead atoms. The van der Waals surface area contributed by atoms with E-state index in [0.717, 1.165) is 11.1 Å². The van der Waals surface area contributed by atoms with E-state index in [1.807, 2.05) is 43.3 Å². The van der Waals surface area contributed by atoms with Gasteiger partial charge in [0.05, 0.1) is 0 Å². The van der Waals surface area contributed by atoms with Crippen LogP contribution in [0.2, 0.25) is 0 Å². The van der Waals surface area contributed by atoms with Crippen molar-refractivity contribution in [2.75, 3.05) is 0 Å². The predicted octanol–water partition coefficient (Wildman–Crippen LogP) is 3.82. The second kappa shape index (κ2) is 6.22. The number of rotatable bonds is 4. The van der Waals surface area contributed by atoms with Crippen LogP contribution in [0, 0.1) is 6.92 Å². The fourth-order valence-corrected chi connectivity index (χ4v) is 3.01. The van der Waals surface area contributed by atoms with E-state index in [2.05, 4.69) is 4.98 Å². The number of hydrogen-bond donors (Lipinski definition) is 0. The second-order valence-corrected chi connectivity index (χ2v) is 6.66. The Kier molecular flexibility index (Phi) is 4.12. The van der Waals surface area contributed by atoms with Crippen molar-refractivity contribution < 1.29 is 12.6 Å². The molecule has 0 amide bonds. The highest BCUT2D eigenvalue weighted by molar-refractivity contribution is 7.87. The molecule has 0 unspecified atom stereocenters. The van der Waals surface area contributed by atoms with E-state index >= 15 is 0 Å². The van der Waals surface area contributed by atoms with Gasteiger partial charge in [0.2, 0.25) is 0 Å². The average Bonchev–Trinajstić information content (AvgIpc) is 2.57. The van der Waals surface area contributed by atoms with E-state index < -0.39 is 10.1 Å². The molecular weight excluding hydrogens is 310 g/mol. The first-order chi connectivity index (χ1) is 11.0. The van der Waals surface area contributed by atoms with Crippen molar-refractivity contribution in [2.45, 2.75) is 11.8 Å². The zero-order valence-electron chi connectivity index (χ0n) is 12.5. The van der Waals surface area contributed by atoms with Crippen LogP contribution < -0.4 is 4.18 Å². The summed E-state index contributed by atoms with van der Waals surface area (Å²) in [7, 11) is -3.86. The molecule has 23 heavy (non-hydrogen) atoms. The second-order valence-electron chi connectivity index (χ2n) is 5.12. The van der Waals surface area contributed by atoms with Gasteiger partial charge < -0.3 is 4.18 Å². The molecule has 116 valence electrons. The third kappa shape index (κ3) is 3.57. The molecule has 0 atom stereocenters. The molecule has 1 heterocycles. The van der Waals surface area contributed by atoms with Crippen molar-refractivity contribution in [1.82, 2.24) is 4.98 Å². The van der Waals surface area contributed by atoms with Crippen molar-refractivity contribution in [2.24, 2.45) is 0 Å². The van der Waals surface area contributed by atoms with Crippen LogP contribution >= 0.6 is 0 Å². The van der Waals surface area contributed by atoms with Crippen LogP contribution in [0.1, 0.15) is 5.56 Å². The van der Waals surface area contributed by atoms with Gasteiger partial charge in [-0.15, -0.1) is 0 Å². The van der Waals surface area contributed by atoms with Crippen LogP contribution in [0.25, 0.3) is 11.1 Å². The molecule has 5 heteroatoms. The minimum Gasteiger partial charge on any atom is -0.379 e. The highest BCUT2D eigenvalue weighted by Crippen LogP contribution is 2.24. The summed E-state index contributed by atoms with van der Waals surface area (Å²) in [5.41, 5.74) is 3.25. The maximum absolute atomic E-state index is 12.1. The van der Waals surface area contributed by atoms with Crippen LogP contribution in [0.5, 0.6) is 5.75 Å². The Morgan fingerprint density at radius 2 is 1.48 bits per heavy atom. The lowest BCUT2D eigenvalue weighted by molar-refractivity contribution is 0.485. The van der Waals surface area contributed by atoms with Gasteiger partial charge in [-0.05, 0) is 42.3 Å². The van der Waals surface area contributed by atoms with E-state index in [1.165, 1.54) is 24.0 Å². The Bertz CT molecular complexity index is 887. The minimum absolute atomic E-state index is 0.0302. The molecule has 3 rings (SSSR count). The third-order valence-electron chi connectivity index (χ3n) is 3.37. The molecule has 0 saturated carbocycles. The third-order valence-corrected chi connectivity index (χ3v) is 4.60. The van der Waals surface area contributed by atoms with Gasteiger partial charge in [-0.25, -0.2) is 0 Å². The first-order valence-corrected chi connectivity index (χ1v) is 8.47. The summed E-state index contributed by atoms with van der Waals surface area (Å²) < 4.78 is 29.4. The summed E-state index contributed by atoms with van der Waals surface area (Å²) in [6, 6.07) is 18.1. The molecule has 3 aromatic rings. The maximum atomic E-state index is 12.1. The normalized spacial score (nSPS) is 11.2. The monoisotopic (exact) mass is 325 g/mol. The molecule has 0 fully saturated rings. The van der Waals surface area contributed by atoms with E-state index in [-0.39, 0.29) is 10.6 Å². The van der Waals surface area contributed by atoms with E-state index in [0.29, 0.717) is 0 Å². The van der Waals surface area contributed by atoms with Crippen LogP contribution in [0.4, 0.5) is 0 Å². The highest BCUT2D eigenvalue weighted by atomic mass is 32.2. The lowest BCUT2D eigenvalue weighted by atomic mass is 10.0. The number of benzene rings is 2. The van der Waals surface area contributed by atoms with Crippen molar-refractivity contribution in [3.05, 3.63) is 78.6 Å². The van der Waals surface area contributed by atoms with Gasteiger partial charge in [-0.2, -0.15) is 8.42 Å². The largest absolute Gasteiger partial charge is 0.379 e. The maximum Gasteiger partial charge on any atom is 0.340 e. The van der Waals surface area contributed by atoms with Crippen LogP contribution in [-0.2, 0) is 10.1 Å². The SMILES string of the molecule is Cc1ccc(-c2ccc(OS(=O)(=O)c3cccnc3)cc2)cc1. The molecule has 0 aliphatic carbocycles. The number of aryl methyl sites for hydroxylation is 1. The fourth-order valence-electron chi connectivity index (χ4n) is 2.12. The molecule has 0 aliphatic rings. The van der Waals surface area contributed by atoms with Gasteiger partial charge in [0.25, 0.3) is 0 Å². The van der Waals surface area contributed by atoms with Gasteiger partial charge in [0, 0.05) is 12.4 Å². The summed E-state index contributed by atoms with van der Waals surface area (Å²) in [6.45, 7) is 2.03. The molecular formula is C18H15NO3S. The van der Waals surface area contributed by atoms with Crippen LogP contribution in [-0.4, -0.2) is 13.4 Å². The van der Waals surface area contributed by atoms with Crippen molar-refractivity contribution in [3.8, 4) is 16.9 Å². The Morgan fingerprint density at radius 3 is 2.04 bits per heavy atom. The molecule has 0 aliphatic heterocycles. The fraction of sp³-hybridized carbons (Fsp3) is 0.0556. The first-order valence-electron chi connectivity index (χ1n) is 7.06. The number of pyridine rings is 1. The molecule has 1 aromatic heterocycles. The van der Waals surface area contributed by atoms with Gasteiger partial charge in [-0.1, -0.05) is 42.0 Å². The van der Waals surface area contributed by atoms with Gasteiger partial charge in [-0.3, -0.25) is 4.98 Å². The quantitative estimate of drug-likeness (QED) is 0.684. The molecule has 4 nitrogen and oxygen atoms in total. The lowest BCUT2D eigenvalue weighted by Gasteiger charge is -2.08. The van der Waals surface area contributed by atoms with Gasteiger partial charge in [0.1, 0.15) is 10.6 Å². The number of nitrogens with zero attached hydrogens (tertiary/aromatic N) is 1. The molecule has 0 saturated heterocycles. The van der Waals surface area contributed by atoms with Gasteiger partial charge in [0.15, 0.2) is 0 Å². The smallest absolute Gasteiger partial charge is 0.340 e. The standard InChI is InChI=1S/C18H15NO3S/c1-14-4-6-15(7-5-14)16-8-10-17(11-9-16)22-23(20,21)18-3-2-12-19-13-18/h2-13H,1H3. The number of hydrogen-bond acceptors (Lipinski definition) is 4. The Balaban J connectivity index is 1.81. The van der Waals surface area contributed by atoms with E-state index in [1.54, 1.807) is 18.2 Å². The molecule has 0 spiro atoms. The molecule has 0 N–H and O–H groups in total. The van der Waals surface area contributed by atoms with Crippen molar-refractivity contribution in [1.29, 1.82) is 0 Å². The first kappa shape index (κ1) is 15.2. The van der Waals surface area contributed by atoms with Crippen LogP contribution in [0.15, 0.2) is 78.0 Å². The summed E-state index contributed by atoms with van der Waals surface area (Å²) in [6.07, 6.45) is 2.77. The lowest BCUT2D eigenvalue weighted by Crippen LogP contribution is -2.09. The Morgan fingerprint density at radius 1 is 0.870 bits per heavy atom. The van der Waals surface area contributed by atoms with Crippen LogP contribution in [0.3, 0.4) is 0 Å². The summed E-state index contributed by atoms with van der Waals surface area (Å²) in [5.74, 6) is 0.268. The van der Waals surface area contributed by atoms with E-state index in [9.17, 15) is 8.42 Å². The number of aromatic nitrogens is 1. The average molecular weight is 325 g/mol. The van der Waals surface area contributed by atoms with Crippen molar-refractivity contribution in [3.63, 3.8) is 0 Å². The Labute approximate surface area is 135 Å². The summed E-state index contributed by atoms with van der Waals surface area (Å²) in [5, 5.41) is 0. The Hall–Kier alpha value is -2.66. The zero-order valence-corrected chi connectivity index (χ0v) is 13.3. The topological polar surface area (TPSA) is 56.3 Å².